The number of alkyl halides is 2. The van der Waals surface area contributed by atoms with E-state index < -0.39 is 36.7 Å². The Hall–Kier alpha value is -2.11. The van der Waals surface area contributed by atoms with Crippen LogP contribution in [0, 0.1) is 0 Å². The number of nitrogens with zero attached hydrogens (tertiary/aromatic N) is 3. The van der Waals surface area contributed by atoms with E-state index in [2.05, 4.69) is 15.0 Å². The summed E-state index contributed by atoms with van der Waals surface area (Å²) >= 11 is 0. The van der Waals surface area contributed by atoms with Crippen molar-refractivity contribution in [2.24, 2.45) is 0 Å². The van der Waals surface area contributed by atoms with Crippen molar-refractivity contribution in [3.63, 3.8) is 0 Å². The number of aliphatic hydroxyl groups excluding tert-OH is 2. The van der Waals surface area contributed by atoms with Crippen LogP contribution in [0.15, 0.2) is 11.1 Å². The SMILES string of the molecule is Nc1[nH]c(=O)nc2c1ncn2[C@@H]1O[C@H](CO)[C@@H](O)C1(F)F. The number of ether oxygens (including phenoxy) is 1. The molecule has 11 heteroatoms. The molecular formula is C10H11F2N5O4. The maximum Gasteiger partial charge on any atom is 0.348 e. The van der Waals surface area contributed by atoms with Crippen LogP contribution in [-0.4, -0.2) is 54.5 Å². The molecule has 1 saturated heterocycles. The van der Waals surface area contributed by atoms with Crippen LogP contribution in [0.4, 0.5) is 14.6 Å². The van der Waals surface area contributed by atoms with E-state index in [4.69, 9.17) is 15.6 Å². The van der Waals surface area contributed by atoms with Crippen molar-refractivity contribution in [3.8, 4) is 0 Å². The van der Waals surface area contributed by atoms with Crippen LogP contribution in [0.1, 0.15) is 6.23 Å². The summed E-state index contributed by atoms with van der Waals surface area (Å²) in [5, 5.41) is 18.4. The lowest BCUT2D eigenvalue weighted by molar-refractivity contribution is -0.138. The highest BCUT2D eigenvalue weighted by molar-refractivity contribution is 5.81. The van der Waals surface area contributed by atoms with Crippen LogP contribution in [-0.2, 0) is 4.74 Å². The number of nitrogen functional groups attached to an aromatic ring is 1. The molecule has 3 rings (SSSR count). The molecule has 21 heavy (non-hydrogen) atoms. The third-order valence-electron chi connectivity index (χ3n) is 3.28. The first-order valence-corrected chi connectivity index (χ1v) is 5.90. The van der Waals surface area contributed by atoms with Gasteiger partial charge in [0.15, 0.2) is 11.8 Å². The number of rotatable bonds is 2. The number of aromatic amines is 1. The minimum Gasteiger partial charge on any atom is -0.394 e. The highest BCUT2D eigenvalue weighted by Crippen LogP contribution is 2.43. The number of nitrogens with one attached hydrogen (secondary N) is 1. The minimum atomic E-state index is -3.69. The summed E-state index contributed by atoms with van der Waals surface area (Å²) in [6.45, 7) is -0.782. The van der Waals surface area contributed by atoms with Crippen LogP contribution in [0.3, 0.4) is 0 Å². The fourth-order valence-corrected chi connectivity index (χ4v) is 2.24. The second-order valence-electron chi connectivity index (χ2n) is 4.61. The first-order valence-electron chi connectivity index (χ1n) is 5.90. The van der Waals surface area contributed by atoms with Crippen molar-refractivity contribution < 1.29 is 23.7 Å². The summed E-state index contributed by atoms with van der Waals surface area (Å²) in [4.78, 5) is 20.8. The lowest BCUT2D eigenvalue weighted by Crippen LogP contribution is -2.39. The van der Waals surface area contributed by atoms with Crippen LogP contribution in [0.2, 0.25) is 0 Å². The van der Waals surface area contributed by atoms with E-state index in [0.29, 0.717) is 0 Å². The average molecular weight is 303 g/mol. The van der Waals surface area contributed by atoms with Crippen molar-refractivity contribution in [1.82, 2.24) is 19.5 Å². The van der Waals surface area contributed by atoms with Gasteiger partial charge in [0.25, 0.3) is 0 Å². The molecule has 9 nitrogen and oxygen atoms in total. The van der Waals surface area contributed by atoms with Gasteiger partial charge in [-0.1, -0.05) is 0 Å². The molecule has 1 aliphatic rings. The molecule has 3 heterocycles. The van der Waals surface area contributed by atoms with Crippen molar-refractivity contribution >= 4 is 17.0 Å². The second kappa shape index (κ2) is 4.44. The quantitative estimate of drug-likeness (QED) is 0.534. The molecule has 0 aromatic carbocycles. The zero-order valence-electron chi connectivity index (χ0n) is 10.4. The molecule has 0 bridgehead atoms. The van der Waals surface area contributed by atoms with E-state index in [-0.39, 0.29) is 17.0 Å². The molecule has 1 aliphatic heterocycles. The van der Waals surface area contributed by atoms with Crippen molar-refractivity contribution in [2.45, 2.75) is 24.4 Å². The van der Waals surface area contributed by atoms with E-state index in [1.165, 1.54) is 0 Å². The maximum atomic E-state index is 14.1. The highest BCUT2D eigenvalue weighted by atomic mass is 19.3. The number of H-pyrrole nitrogens is 1. The molecule has 114 valence electrons. The molecule has 3 atom stereocenters. The van der Waals surface area contributed by atoms with E-state index in [9.17, 15) is 18.7 Å². The van der Waals surface area contributed by atoms with Crippen LogP contribution < -0.4 is 11.4 Å². The Kier molecular flexibility index (Phi) is 2.93. The molecule has 1 fully saturated rings. The molecule has 2 aromatic heterocycles. The first kappa shape index (κ1) is 13.9. The third kappa shape index (κ3) is 1.89. The Morgan fingerprint density at radius 3 is 2.90 bits per heavy atom. The summed E-state index contributed by atoms with van der Waals surface area (Å²) in [7, 11) is 0. The Morgan fingerprint density at radius 1 is 1.57 bits per heavy atom. The molecular weight excluding hydrogens is 292 g/mol. The Bertz CT molecular complexity index is 745. The number of aromatic nitrogens is 4. The van der Waals surface area contributed by atoms with E-state index in [1.807, 2.05) is 0 Å². The van der Waals surface area contributed by atoms with Crippen LogP contribution in [0.5, 0.6) is 0 Å². The van der Waals surface area contributed by atoms with Crippen LogP contribution in [0.25, 0.3) is 11.2 Å². The van der Waals surface area contributed by atoms with Gasteiger partial charge in [-0.3, -0.25) is 9.55 Å². The lowest BCUT2D eigenvalue weighted by Gasteiger charge is -2.20. The van der Waals surface area contributed by atoms with Gasteiger partial charge in [0.1, 0.15) is 17.4 Å². The third-order valence-corrected chi connectivity index (χ3v) is 3.28. The zero-order chi connectivity index (χ0) is 15.4. The van der Waals surface area contributed by atoms with Gasteiger partial charge in [-0.15, -0.1) is 0 Å². The summed E-state index contributed by atoms with van der Waals surface area (Å²) in [6, 6.07) is 0. The predicted molar refractivity (Wildman–Crippen MR) is 64.5 cm³/mol. The number of nitrogens with two attached hydrogens (primary N) is 1. The van der Waals surface area contributed by atoms with Gasteiger partial charge in [-0.05, 0) is 0 Å². The molecule has 0 aliphatic carbocycles. The second-order valence-corrected chi connectivity index (χ2v) is 4.61. The van der Waals surface area contributed by atoms with Gasteiger partial charge in [0.2, 0.25) is 6.23 Å². The van der Waals surface area contributed by atoms with Gasteiger partial charge < -0.3 is 20.7 Å². The number of aliphatic hydroxyl groups is 2. The standard InChI is InChI=1S/C10H11F2N5O4/c11-10(12)5(19)3(1-18)21-8(10)17-2-14-4-6(13)15-9(20)16-7(4)17/h2-3,5,8,18-19H,1H2,(H3,13,15,16,20)/t3-,5-,8-/m1/s1. The summed E-state index contributed by atoms with van der Waals surface area (Å²) in [6.07, 6.45) is -4.62. The average Bonchev–Trinajstić information content (AvgIpc) is 2.91. The minimum absolute atomic E-state index is 0.0240. The summed E-state index contributed by atoms with van der Waals surface area (Å²) < 4.78 is 33.9. The normalized spacial score (nSPS) is 28.3. The zero-order valence-corrected chi connectivity index (χ0v) is 10.4. The number of hydrogen-bond acceptors (Lipinski definition) is 7. The van der Waals surface area contributed by atoms with Gasteiger partial charge >= 0.3 is 11.6 Å². The van der Waals surface area contributed by atoms with Gasteiger partial charge in [0, 0.05) is 0 Å². The summed E-state index contributed by atoms with van der Waals surface area (Å²) in [5.41, 5.74) is 4.52. The van der Waals surface area contributed by atoms with Crippen molar-refractivity contribution in [3.05, 3.63) is 16.8 Å². The molecule has 2 aromatic rings. The van der Waals surface area contributed by atoms with Crippen LogP contribution >= 0.6 is 0 Å². The number of hydrogen-bond donors (Lipinski definition) is 4. The molecule has 0 saturated carbocycles. The number of imidazole rings is 1. The van der Waals surface area contributed by atoms with E-state index >= 15 is 0 Å². The van der Waals surface area contributed by atoms with E-state index in [0.717, 1.165) is 10.9 Å². The topological polar surface area (TPSA) is 139 Å². The van der Waals surface area contributed by atoms with Crippen molar-refractivity contribution in [1.29, 1.82) is 0 Å². The first-order chi connectivity index (χ1) is 9.86. The number of fused-ring (bicyclic) bond motifs is 1. The van der Waals surface area contributed by atoms with Gasteiger partial charge in [-0.2, -0.15) is 13.8 Å². The summed E-state index contributed by atoms with van der Waals surface area (Å²) in [5.74, 6) is -3.82. The Morgan fingerprint density at radius 2 is 2.29 bits per heavy atom. The Balaban J connectivity index is 2.15. The predicted octanol–water partition coefficient (Wildman–Crippen LogP) is -1.41. The largest absolute Gasteiger partial charge is 0.394 e. The van der Waals surface area contributed by atoms with Gasteiger partial charge in [-0.25, -0.2) is 9.78 Å². The van der Waals surface area contributed by atoms with Gasteiger partial charge in [0.05, 0.1) is 12.9 Å². The molecule has 0 unspecified atom stereocenters. The van der Waals surface area contributed by atoms with Crippen molar-refractivity contribution in [2.75, 3.05) is 12.3 Å². The fraction of sp³-hybridized carbons (Fsp3) is 0.500. The maximum absolute atomic E-state index is 14.1. The Labute approximate surface area is 115 Å². The lowest BCUT2D eigenvalue weighted by atomic mass is 10.1. The molecule has 5 N–H and O–H groups in total. The molecule has 0 spiro atoms. The number of halogens is 2. The molecule has 0 radical (unpaired) electrons. The number of anilines is 1. The van der Waals surface area contributed by atoms with E-state index in [1.54, 1.807) is 0 Å². The fourth-order valence-electron chi connectivity index (χ4n) is 2.24. The highest BCUT2D eigenvalue weighted by Gasteiger charge is 2.59. The molecule has 0 amide bonds. The smallest absolute Gasteiger partial charge is 0.348 e. The monoisotopic (exact) mass is 303 g/mol.